The van der Waals surface area contributed by atoms with E-state index >= 15 is 0 Å². The number of fused-ring (bicyclic) bond motifs is 1. The third-order valence-corrected chi connectivity index (χ3v) is 21.6. The molecular formula is C57H68Cl2N3O6P. The molecule has 2 atom stereocenters. The zero-order chi connectivity index (χ0) is 48.7. The van der Waals surface area contributed by atoms with Gasteiger partial charge >= 0.3 is 236 Å². The van der Waals surface area contributed by atoms with Crippen molar-refractivity contribution in [3.8, 4) is 11.5 Å². The van der Waals surface area contributed by atoms with Crippen LogP contribution in [0.15, 0.2) is 127 Å². The normalized spacial score (nSPS) is 15.9. The predicted octanol–water partition coefficient (Wildman–Crippen LogP) is 11.9. The second-order valence-electron chi connectivity index (χ2n) is 18.6. The summed E-state index contributed by atoms with van der Waals surface area (Å²) < 4.78 is 11.9. The van der Waals surface area contributed by atoms with Crippen LogP contribution in [0.2, 0.25) is 5.02 Å². The summed E-state index contributed by atoms with van der Waals surface area (Å²) >= 11 is 15.0. The first-order valence-electron chi connectivity index (χ1n) is 25.0. The van der Waals surface area contributed by atoms with Gasteiger partial charge in [0.05, 0.1) is 6.42 Å². The average molecular weight is 993 g/mol. The van der Waals surface area contributed by atoms with Crippen LogP contribution in [0.5, 0.6) is 11.5 Å². The molecule has 0 saturated carbocycles. The molecule has 2 aliphatic heterocycles. The number of nitrogens with one attached hydrogen (secondary N) is 1. The number of piperazine rings is 1. The van der Waals surface area contributed by atoms with E-state index in [0.717, 1.165) is 46.3 Å². The first kappa shape index (κ1) is 51.6. The van der Waals surface area contributed by atoms with Crippen molar-refractivity contribution in [1.29, 1.82) is 0 Å². The molecule has 7 rings (SSSR count). The molecule has 0 spiro atoms. The number of ether oxygens (including phenoxy) is 2. The molecule has 69 heavy (non-hydrogen) atoms. The van der Waals surface area contributed by atoms with E-state index in [9.17, 15) is 19.2 Å². The summed E-state index contributed by atoms with van der Waals surface area (Å²) in [6.45, 7) is 5.46. The number of hydrogen-bond acceptors (Lipinski definition) is 6. The number of esters is 1. The van der Waals surface area contributed by atoms with Gasteiger partial charge in [0.2, 0.25) is 5.91 Å². The predicted molar refractivity (Wildman–Crippen MR) is 283 cm³/mol. The summed E-state index contributed by atoms with van der Waals surface area (Å²) in [6, 6.07) is 41.1. The zero-order valence-electron chi connectivity index (χ0n) is 40.3. The molecule has 1 fully saturated rings. The van der Waals surface area contributed by atoms with E-state index in [-0.39, 0.29) is 36.5 Å². The van der Waals surface area contributed by atoms with E-state index in [2.05, 4.69) is 48.6 Å². The van der Waals surface area contributed by atoms with E-state index in [4.69, 9.17) is 32.3 Å². The Morgan fingerprint density at radius 1 is 0.681 bits per heavy atom. The maximum absolute atomic E-state index is 14.1. The Morgan fingerprint density at radius 3 is 1.75 bits per heavy atom. The second kappa shape index (κ2) is 24.6. The van der Waals surface area contributed by atoms with E-state index < -0.39 is 18.0 Å². The van der Waals surface area contributed by atoms with Crippen molar-refractivity contribution in [2.75, 3.05) is 37.7 Å². The van der Waals surface area contributed by atoms with Crippen LogP contribution < -0.4 is 30.7 Å². The summed E-state index contributed by atoms with van der Waals surface area (Å²) in [5.74, 6) is -3.89. The van der Waals surface area contributed by atoms with Gasteiger partial charge in [0.25, 0.3) is 0 Å². The average Bonchev–Trinajstić information content (AvgIpc) is 3.37. The summed E-state index contributed by atoms with van der Waals surface area (Å²) in [4.78, 5) is 57.1. The summed E-state index contributed by atoms with van der Waals surface area (Å²) in [5, 5.41) is 6.47. The smallest absolute Gasteiger partial charge is 0.0839 e. The van der Waals surface area contributed by atoms with Crippen LogP contribution in [-0.4, -0.2) is 71.9 Å². The van der Waals surface area contributed by atoms with Gasteiger partial charge in [-0.3, -0.25) is 9.59 Å². The number of rotatable bonds is 23. The first-order valence-corrected chi connectivity index (χ1v) is 28.8. The van der Waals surface area contributed by atoms with Gasteiger partial charge < -0.3 is 10.1 Å². The van der Waals surface area contributed by atoms with Gasteiger partial charge in [0.15, 0.2) is 0 Å². The molecule has 0 aliphatic carbocycles. The summed E-state index contributed by atoms with van der Waals surface area (Å²) in [6.07, 6.45) is 13.9. The van der Waals surface area contributed by atoms with Crippen molar-refractivity contribution in [2.45, 2.75) is 116 Å². The fraction of sp³-hybridized carbons (Fsp3) is 0.404. The topological polar surface area (TPSA) is 105 Å². The van der Waals surface area contributed by atoms with Gasteiger partial charge in [-0.1, -0.05) is 94.9 Å². The van der Waals surface area contributed by atoms with Crippen molar-refractivity contribution in [1.82, 2.24) is 9.80 Å². The quantitative estimate of drug-likeness (QED) is 0.0302. The SMILES string of the molecule is CCCCCCCCCCCCCC(=O)Nc1ccc(C2CC(=O)Oc3cc(O[C@H](C)C(=O)N4CCN(C(=O)CCP(Cl)(c5ccccc5)(c5ccccc5)c5ccccc5)CC4)ccc32)c(Cl)c1. The summed E-state index contributed by atoms with van der Waals surface area (Å²) in [7, 11) is 0. The van der Waals surface area contributed by atoms with Crippen LogP contribution in [0, 0.1) is 0 Å². The van der Waals surface area contributed by atoms with Crippen LogP contribution in [0.4, 0.5) is 5.69 Å². The number of benzene rings is 5. The Hall–Kier alpha value is -5.21. The molecule has 1 saturated heterocycles. The van der Waals surface area contributed by atoms with Crippen molar-refractivity contribution in [2.24, 2.45) is 0 Å². The number of amides is 3. The van der Waals surface area contributed by atoms with Crippen molar-refractivity contribution in [3.63, 3.8) is 0 Å². The Kier molecular flexibility index (Phi) is 18.4. The molecule has 1 N–H and O–H groups in total. The molecule has 2 heterocycles. The molecule has 3 amide bonds. The molecular weight excluding hydrogens is 925 g/mol. The maximum atomic E-state index is 14.1. The molecule has 5 aromatic carbocycles. The Morgan fingerprint density at radius 2 is 1.20 bits per heavy atom. The third kappa shape index (κ3) is 12.8. The minimum atomic E-state index is -3.61. The third-order valence-electron chi connectivity index (χ3n) is 13.9. The van der Waals surface area contributed by atoms with Crippen LogP contribution in [0.1, 0.15) is 121 Å². The number of halogens is 2. The van der Waals surface area contributed by atoms with Crippen LogP contribution >= 0.6 is 28.8 Å². The molecule has 0 radical (unpaired) electrons. The molecule has 12 heteroatoms. The van der Waals surface area contributed by atoms with E-state index in [0.29, 0.717) is 61.0 Å². The Balaban J connectivity index is 0.904. The molecule has 1 unspecified atom stereocenters. The number of hydrogen-bond donors (Lipinski definition) is 1. The van der Waals surface area contributed by atoms with Gasteiger partial charge in [0.1, 0.15) is 5.75 Å². The van der Waals surface area contributed by atoms with Crippen molar-refractivity contribution >= 4 is 74.1 Å². The van der Waals surface area contributed by atoms with E-state index in [1.807, 2.05) is 77.7 Å². The van der Waals surface area contributed by atoms with Gasteiger partial charge in [-0.15, -0.1) is 0 Å². The first-order chi connectivity index (χ1) is 33.5. The van der Waals surface area contributed by atoms with Crippen LogP contribution in [0.3, 0.4) is 0 Å². The van der Waals surface area contributed by atoms with Gasteiger partial charge in [0, 0.05) is 28.6 Å². The minimum absolute atomic E-state index is 0.000210. The monoisotopic (exact) mass is 991 g/mol. The number of carbonyl (C=O) groups excluding carboxylic acids is 4. The molecule has 0 aromatic heterocycles. The number of nitrogens with zero attached hydrogens (tertiary/aromatic N) is 2. The van der Waals surface area contributed by atoms with Crippen molar-refractivity contribution in [3.05, 3.63) is 144 Å². The zero-order valence-corrected chi connectivity index (χ0v) is 42.7. The van der Waals surface area contributed by atoms with Gasteiger partial charge in [-0.2, -0.15) is 0 Å². The molecule has 9 nitrogen and oxygen atoms in total. The number of anilines is 1. The number of unbranched alkanes of at least 4 members (excludes halogenated alkanes) is 10. The number of carbonyl (C=O) groups is 4. The van der Waals surface area contributed by atoms with E-state index in [1.54, 1.807) is 30.0 Å². The molecule has 366 valence electrons. The Labute approximate surface area is 419 Å². The molecule has 0 bridgehead atoms. The molecule has 2 aliphatic rings. The second-order valence-corrected chi connectivity index (χ2v) is 25.6. The van der Waals surface area contributed by atoms with Crippen molar-refractivity contribution < 1.29 is 28.7 Å². The fourth-order valence-corrected chi connectivity index (χ4v) is 16.2. The van der Waals surface area contributed by atoms with Crippen LogP contribution in [-0.2, 0) is 19.2 Å². The summed E-state index contributed by atoms with van der Waals surface area (Å²) in [5.41, 5.74) is 2.14. The standard InChI is InChI=1S/C57H68Cl2N3O6P/c1-3-4-5-6-7-8-9-10-11-12-22-29-54(63)60-44-30-32-49(52(58)40-44)51-42-56(65)68-53-41-45(31-33-50(51)53)67-43(2)57(66)62-37-35-61(36-38-62)55(64)34-39-69(59,46-23-16-13-17-24-46,47-25-18-14-19-26-47)48-27-20-15-21-28-48/h13-21,23-28,30-33,40-41,43,51H,3-12,22,29,34-39,42H2,1-2H3,(H,60,63)/t43-,51?/m1/s1. The van der Waals surface area contributed by atoms with Gasteiger partial charge in [-0.25, -0.2) is 0 Å². The van der Waals surface area contributed by atoms with Gasteiger partial charge in [-0.05, 0) is 24.1 Å². The molecule has 5 aromatic rings. The Bertz CT molecular complexity index is 2400. The van der Waals surface area contributed by atoms with E-state index in [1.165, 1.54) is 51.4 Å². The fourth-order valence-electron chi connectivity index (χ4n) is 9.95. The minimum Gasteiger partial charge on any atom is -0.0839 e. The van der Waals surface area contributed by atoms with Crippen LogP contribution in [0.25, 0.3) is 0 Å².